The summed E-state index contributed by atoms with van der Waals surface area (Å²) < 4.78 is 5.44. The molecule has 6 nitrogen and oxygen atoms in total. The predicted octanol–water partition coefficient (Wildman–Crippen LogP) is 4.24. The van der Waals surface area contributed by atoms with Gasteiger partial charge in [0.1, 0.15) is 11.4 Å². The quantitative estimate of drug-likeness (QED) is 0.496. The number of hydrogen-bond donors (Lipinski definition) is 2. The van der Waals surface area contributed by atoms with Crippen molar-refractivity contribution < 1.29 is 14.6 Å². The van der Waals surface area contributed by atoms with Gasteiger partial charge in [-0.2, -0.15) is 0 Å². The van der Waals surface area contributed by atoms with Crippen LogP contribution in [-0.4, -0.2) is 21.2 Å². The highest BCUT2D eigenvalue weighted by molar-refractivity contribution is 5.71. The summed E-state index contributed by atoms with van der Waals surface area (Å²) in [7, 11) is 0. The molecule has 2 heterocycles. The van der Waals surface area contributed by atoms with Crippen molar-refractivity contribution >= 4 is 6.09 Å². The highest BCUT2D eigenvalue weighted by Gasteiger charge is 2.43. The van der Waals surface area contributed by atoms with Crippen molar-refractivity contribution in [3.63, 3.8) is 0 Å². The molecule has 0 unspecified atom stereocenters. The van der Waals surface area contributed by atoms with Gasteiger partial charge >= 0.3 is 6.09 Å². The van der Waals surface area contributed by atoms with Crippen molar-refractivity contribution in [2.75, 3.05) is 0 Å². The number of para-hydroxylation sites is 1. The van der Waals surface area contributed by atoms with Crippen LogP contribution in [0.4, 0.5) is 4.79 Å². The van der Waals surface area contributed by atoms with Gasteiger partial charge in [-0.25, -0.2) is 4.79 Å². The van der Waals surface area contributed by atoms with Crippen LogP contribution in [0, 0.1) is 0 Å². The van der Waals surface area contributed by atoms with E-state index in [-0.39, 0.29) is 0 Å². The van der Waals surface area contributed by atoms with E-state index in [1.165, 1.54) is 0 Å². The number of carbonyl (C=O) groups excluding carboxylic acids is 1. The van der Waals surface area contributed by atoms with Gasteiger partial charge in [0.05, 0.1) is 6.04 Å². The molecule has 0 bridgehead atoms. The first-order valence-corrected chi connectivity index (χ1v) is 9.79. The van der Waals surface area contributed by atoms with Crippen molar-refractivity contribution in [3.05, 3.63) is 126 Å². The Kier molecular flexibility index (Phi) is 6.01. The Balaban J connectivity index is 1.79. The molecule has 2 aromatic carbocycles. The normalized spacial score (nSPS) is 12.0. The van der Waals surface area contributed by atoms with Crippen LogP contribution in [0.3, 0.4) is 0 Å². The molecule has 0 spiro atoms. The molecular weight excluding hydrogens is 390 g/mol. The van der Waals surface area contributed by atoms with Crippen LogP contribution >= 0.6 is 0 Å². The fourth-order valence-corrected chi connectivity index (χ4v) is 3.49. The number of pyridine rings is 2. The zero-order valence-corrected chi connectivity index (χ0v) is 16.6. The van der Waals surface area contributed by atoms with E-state index in [4.69, 9.17) is 4.74 Å². The number of nitrogens with zero attached hydrogens (tertiary/aromatic N) is 2. The molecule has 0 saturated carbocycles. The molecule has 6 heteroatoms. The lowest BCUT2D eigenvalue weighted by Crippen LogP contribution is -2.46. The maximum Gasteiger partial charge on any atom is 0.413 e. The third-order valence-corrected chi connectivity index (χ3v) is 4.97. The number of hydrogen-bond acceptors (Lipinski definition) is 5. The highest BCUT2D eigenvalue weighted by atomic mass is 16.6. The molecule has 0 saturated heterocycles. The van der Waals surface area contributed by atoms with E-state index in [1.54, 1.807) is 73.3 Å². The minimum Gasteiger partial charge on any atom is -0.410 e. The molecule has 2 N–H and O–H groups in total. The van der Waals surface area contributed by atoms with E-state index in [1.807, 2.05) is 36.4 Å². The average molecular weight is 411 g/mol. The first-order valence-electron chi connectivity index (χ1n) is 9.79. The molecule has 154 valence electrons. The molecule has 0 fully saturated rings. The second-order valence-electron chi connectivity index (χ2n) is 6.94. The second kappa shape index (κ2) is 9.19. The zero-order chi connectivity index (χ0) is 21.5. The molecule has 0 aliphatic carbocycles. The zero-order valence-electron chi connectivity index (χ0n) is 16.6. The Labute approximate surface area is 180 Å². The largest absolute Gasteiger partial charge is 0.413 e. The number of amides is 1. The summed E-state index contributed by atoms with van der Waals surface area (Å²) in [5, 5.41) is 15.0. The Morgan fingerprint density at radius 2 is 1.35 bits per heavy atom. The lowest BCUT2D eigenvalue weighted by molar-refractivity contribution is 0.0365. The smallest absolute Gasteiger partial charge is 0.410 e. The number of nitrogens with one attached hydrogen (secondary N) is 1. The van der Waals surface area contributed by atoms with Crippen molar-refractivity contribution in [2.45, 2.75) is 11.6 Å². The number of aromatic nitrogens is 2. The van der Waals surface area contributed by atoms with Crippen molar-refractivity contribution in [3.8, 4) is 5.75 Å². The van der Waals surface area contributed by atoms with Crippen LogP contribution in [0.5, 0.6) is 5.75 Å². The molecule has 4 rings (SSSR count). The summed E-state index contributed by atoms with van der Waals surface area (Å²) in [5.41, 5.74) is 0.0657. The van der Waals surface area contributed by atoms with Gasteiger partial charge in [0.25, 0.3) is 0 Å². The van der Waals surface area contributed by atoms with E-state index < -0.39 is 17.7 Å². The summed E-state index contributed by atoms with van der Waals surface area (Å²) in [4.78, 5) is 21.2. The van der Waals surface area contributed by atoms with Gasteiger partial charge in [0.15, 0.2) is 0 Å². The lowest BCUT2D eigenvalue weighted by atomic mass is 9.78. The van der Waals surface area contributed by atoms with E-state index in [0.717, 1.165) is 0 Å². The SMILES string of the molecule is O=C(N[C@H](c1ccccc1)C(O)(c1cccnc1)c1cccnc1)Oc1ccccc1. The topological polar surface area (TPSA) is 84.3 Å². The molecule has 0 aliphatic heterocycles. The number of benzene rings is 2. The average Bonchev–Trinajstić information content (AvgIpc) is 2.84. The summed E-state index contributed by atoms with van der Waals surface area (Å²) in [5.74, 6) is 0.401. The fourth-order valence-electron chi connectivity index (χ4n) is 3.49. The van der Waals surface area contributed by atoms with Gasteiger partial charge in [-0.05, 0) is 29.8 Å². The number of rotatable bonds is 6. The molecule has 2 aromatic heterocycles. The molecule has 31 heavy (non-hydrogen) atoms. The highest BCUT2D eigenvalue weighted by Crippen LogP contribution is 2.40. The number of carbonyl (C=O) groups is 1. The minimum absolute atomic E-state index is 0.401. The molecule has 1 atom stereocenters. The van der Waals surface area contributed by atoms with Gasteiger partial charge < -0.3 is 15.2 Å². The Hall–Kier alpha value is -4.03. The standard InChI is InChI=1S/C25H21N3O3/c29-24(31-22-13-5-2-6-14-22)28-23(19-9-3-1-4-10-19)25(30,20-11-7-15-26-17-20)21-12-8-16-27-18-21/h1-18,23,30H,(H,28,29)/t23-/m1/s1. The summed E-state index contributed by atoms with van der Waals surface area (Å²) in [6.45, 7) is 0. The van der Waals surface area contributed by atoms with E-state index in [0.29, 0.717) is 22.4 Å². The Morgan fingerprint density at radius 1 is 0.806 bits per heavy atom. The third-order valence-electron chi connectivity index (χ3n) is 4.97. The minimum atomic E-state index is -1.65. The van der Waals surface area contributed by atoms with Crippen LogP contribution in [-0.2, 0) is 5.60 Å². The molecular formula is C25H21N3O3. The first kappa shape index (κ1) is 20.3. The summed E-state index contributed by atoms with van der Waals surface area (Å²) in [6.07, 6.45) is 5.72. The second-order valence-corrected chi connectivity index (χ2v) is 6.94. The molecule has 0 aliphatic rings. The Morgan fingerprint density at radius 3 is 1.87 bits per heavy atom. The summed E-state index contributed by atoms with van der Waals surface area (Å²) >= 11 is 0. The third kappa shape index (κ3) is 4.44. The van der Waals surface area contributed by atoms with Crippen molar-refractivity contribution in [2.24, 2.45) is 0 Å². The first-order chi connectivity index (χ1) is 15.2. The number of aliphatic hydroxyl groups is 1. The van der Waals surface area contributed by atoms with Crippen molar-refractivity contribution in [1.82, 2.24) is 15.3 Å². The monoisotopic (exact) mass is 411 g/mol. The molecule has 4 aromatic rings. The van der Waals surface area contributed by atoms with Crippen LogP contribution in [0.15, 0.2) is 110 Å². The predicted molar refractivity (Wildman–Crippen MR) is 116 cm³/mol. The number of ether oxygens (including phenoxy) is 1. The van der Waals surface area contributed by atoms with Gasteiger partial charge in [-0.1, -0.05) is 60.7 Å². The van der Waals surface area contributed by atoms with Crippen LogP contribution in [0.2, 0.25) is 0 Å². The lowest BCUT2D eigenvalue weighted by Gasteiger charge is -2.37. The van der Waals surface area contributed by atoms with Crippen LogP contribution < -0.4 is 10.1 Å². The van der Waals surface area contributed by atoms with Crippen LogP contribution in [0.1, 0.15) is 22.7 Å². The van der Waals surface area contributed by atoms with E-state index >= 15 is 0 Å². The van der Waals surface area contributed by atoms with Crippen molar-refractivity contribution in [1.29, 1.82) is 0 Å². The van der Waals surface area contributed by atoms with E-state index in [9.17, 15) is 9.90 Å². The van der Waals surface area contributed by atoms with Crippen LogP contribution in [0.25, 0.3) is 0 Å². The maximum atomic E-state index is 12.8. The maximum absolute atomic E-state index is 12.8. The Bertz CT molecular complexity index is 1070. The van der Waals surface area contributed by atoms with Gasteiger partial charge in [0.2, 0.25) is 0 Å². The molecule has 1 amide bonds. The van der Waals surface area contributed by atoms with Gasteiger partial charge in [-0.3, -0.25) is 9.97 Å². The molecule has 0 radical (unpaired) electrons. The van der Waals surface area contributed by atoms with E-state index in [2.05, 4.69) is 15.3 Å². The fraction of sp³-hybridized carbons (Fsp3) is 0.0800. The van der Waals surface area contributed by atoms with Gasteiger partial charge in [-0.15, -0.1) is 0 Å². The van der Waals surface area contributed by atoms with Gasteiger partial charge in [0, 0.05) is 35.9 Å². The summed E-state index contributed by atoms with van der Waals surface area (Å²) in [6, 6.07) is 24.1.